The molecule has 8 heteroatoms. The molecule has 0 aliphatic carbocycles. The minimum atomic E-state index is -0.222. The number of carbonyl (C=O) groups is 2. The van der Waals surface area contributed by atoms with Crippen molar-refractivity contribution < 1.29 is 19.1 Å². The van der Waals surface area contributed by atoms with E-state index < -0.39 is 0 Å². The molecule has 26 heavy (non-hydrogen) atoms. The van der Waals surface area contributed by atoms with E-state index in [-0.39, 0.29) is 30.0 Å². The van der Waals surface area contributed by atoms with Gasteiger partial charge in [-0.15, -0.1) is 0 Å². The molecule has 0 aromatic carbocycles. The maximum atomic E-state index is 12.8. The number of ether oxygens (including phenoxy) is 2. The lowest BCUT2D eigenvalue weighted by atomic mass is 10.2. The van der Waals surface area contributed by atoms with Crippen molar-refractivity contribution in [3.05, 3.63) is 23.8 Å². The summed E-state index contributed by atoms with van der Waals surface area (Å²) in [6.07, 6.45) is 5.99. The standard InChI is InChI=1S/C18H28N4O4/c1-14-11-21-16(12-20-14)18(24)22(13-15-5-3-10-26-15)8-6-17(23)19-7-4-9-25-2/h11-12,15H,3-10,13H2,1-2H3,(H,19,23)/t15-/m0/s1. The summed E-state index contributed by atoms with van der Waals surface area (Å²) in [7, 11) is 1.63. The largest absolute Gasteiger partial charge is 0.385 e. The van der Waals surface area contributed by atoms with Crippen molar-refractivity contribution in [1.82, 2.24) is 20.2 Å². The number of methoxy groups -OCH3 is 1. The zero-order chi connectivity index (χ0) is 18.8. The van der Waals surface area contributed by atoms with Crippen LogP contribution in [0.2, 0.25) is 0 Å². The zero-order valence-electron chi connectivity index (χ0n) is 15.6. The van der Waals surface area contributed by atoms with Crippen LogP contribution in [-0.2, 0) is 14.3 Å². The van der Waals surface area contributed by atoms with Crippen LogP contribution >= 0.6 is 0 Å². The molecular weight excluding hydrogens is 336 g/mol. The fraction of sp³-hybridized carbons (Fsp3) is 0.667. The van der Waals surface area contributed by atoms with Crippen LogP contribution < -0.4 is 5.32 Å². The van der Waals surface area contributed by atoms with Gasteiger partial charge in [0.05, 0.1) is 18.0 Å². The molecule has 0 saturated carbocycles. The number of nitrogens with zero attached hydrogens (tertiary/aromatic N) is 3. The Morgan fingerprint density at radius 1 is 1.38 bits per heavy atom. The van der Waals surface area contributed by atoms with E-state index in [0.717, 1.165) is 31.6 Å². The van der Waals surface area contributed by atoms with E-state index in [4.69, 9.17) is 9.47 Å². The molecule has 1 aromatic heterocycles. The summed E-state index contributed by atoms with van der Waals surface area (Å²) in [6.45, 7) is 4.50. The molecule has 1 aliphatic rings. The second-order valence-corrected chi connectivity index (χ2v) is 6.38. The van der Waals surface area contributed by atoms with Gasteiger partial charge in [0, 0.05) is 52.6 Å². The first-order chi connectivity index (χ1) is 12.6. The number of hydrogen-bond donors (Lipinski definition) is 1. The molecule has 1 fully saturated rings. The topological polar surface area (TPSA) is 93.7 Å². The molecule has 2 rings (SSSR count). The molecule has 0 bridgehead atoms. The lowest BCUT2D eigenvalue weighted by molar-refractivity contribution is -0.121. The average molecular weight is 364 g/mol. The number of aryl methyl sites for hydroxylation is 1. The quantitative estimate of drug-likeness (QED) is 0.621. The van der Waals surface area contributed by atoms with Gasteiger partial charge in [-0.3, -0.25) is 14.6 Å². The molecule has 1 N–H and O–H groups in total. The highest BCUT2D eigenvalue weighted by Gasteiger charge is 2.24. The van der Waals surface area contributed by atoms with Crippen molar-refractivity contribution in [2.75, 3.05) is 40.0 Å². The minimum absolute atomic E-state index is 0.0159. The third kappa shape index (κ3) is 6.68. The maximum absolute atomic E-state index is 12.8. The molecule has 8 nitrogen and oxygen atoms in total. The van der Waals surface area contributed by atoms with Crippen molar-refractivity contribution in [2.24, 2.45) is 0 Å². The summed E-state index contributed by atoms with van der Waals surface area (Å²) < 4.78 is 10.6. The molecule has 1 aliphatic heterocycles. The van der Waals surface area contributed by atoms with Crippen molar-refractivity contribution in [1.29, 1.82) is 0 Å². The fourth-order valence-corrected chi connectivity index (χ4v) is 2.74. The van der Waals surface area contributed by atoms with E-state index >= 15 is 0 Å². The molecule has 1 atom stereocenters. The molecule has 0 spiro atoms. The number of carbonyl (C=O) groups excluding carboxylic acids is 2. The minimum Gasteiger partial charge on any atom is -0.385 e. The van der Waals surface area contributed by atoms with Crippen LogP contribution in [0.3, 0.4) is 0 Å². The van der Waals surface area contributed by atoms with Crippen molar-refractivity contribution in [3.63, 3.8) is 0 Å². The van der Waals surface area contributed by atoms with Crippen LogP contribution in [0.4, 0.5) is 0 Å². The van der Waals surface area contributed by atoms with Crippen molar-refractivity contribution in [2.45, 2.75) is 38.7 Å². The van der Waals surface area contributed by atoms with E-state index in [1.807, 2.05) is 6.92 Å². The number of rotatable bonds is 10. The van der Waals surface area contributed by atoms with E-state index in [0.29, 0.717) is 26.2 Å². The van der Waals surface area contributed by atoms with Crippen molar-refractivity contribution >= 4 is 11.8 Å². The monoisotopic (exact) mass is 364 g/mol. The SMILES string of the molecule is COCCCNC(=O)CCN(C[C@@H]1CCCO1)C(=O)c1cnc(C)cn1. The van der Waals surface area contributed by atoms with Crippen LogP contribution in [0.15, 0.2) is 12.4 Å². The lowest BCUT2D eigenvalue weighted by Gasteiger charge is -2.25. The van der Waals surface area contributed by atoms with Gasteiger partial charge in [-0.1, -0.05) is 0 Å². The second-order valence-electron chi connectivity index (χ2n) is 6.38. The molecule has 2 heterocycles. The van der Waals surface area contributed by atoms with Gasteiger partial charge in [0.25, 0.3) is 5.91 Å². The molecule has 1 aromatic rings. The Balaban J connectivity index is 1.91. The van der Waals surface area contributed by atoms with Gasteiger partial charge in [-0.25, -0.2) is 4.98 Å². The zero-order valence-corrected chi connectivity index (χ0v) is 15.6. The van der Waals surface area contributed by atoms with E-state index in [1.54, 1.807) is 18.2 Å². The number of aromatic nitrogens is 2. The predicted octanol–water partition coefficient (Wildman–Crippen LogP) is 0.949. The Morgan fingerprint density at radius 3 is 2.88 bits per heavy atom. The van der Waals surface area contributed by atoms with Crippen molar-refractivity contribution in [3.8, 4) is 0 Å². The van der Waals surface area contributed by atoms with E-state index in [2.05, 4.69) is 15.3 Å². The first-order valence-corrected chi connectivity index (χ1v) is 9.05. The van der Waals surface area contributed by atoms with Crippen LogP contribution in [0.5, 0.6) is 0 Å². The fourth-order valence-electron chi connectivity index (χ4n) is 2.74. The van der Waals surface area contributed by atoms with Gasteiger partial charge >= 0.3 is 0 Å². The Bertz CT molecular complexity index is 573. The third-order valence-electron chi connectivity index (χ3n) is 4.19. The highest BCUT2D eigenvalue weighted by molar-refractivity contribution is 5.92. The van der Waals surface area contributed by atoms with E-state index in [9.17, 15) is 9.59 Å². The van der Waals surface area contributed by atoms with Crippen LogP contribution in [-0.4, -0.2) is 72.7 Å². The second kappa shape index (κ2) is 10.8. The van der Waals surface area contributed by atoms with Gasteiger partial charge in [0.15, 0.2) is 0 Å². The van der Waals surface area contributed by atoms with Gasteiger partial charge in [-0.05, 0) is 26.2 Å². The molecule has 0 unspecified atom stereocenters. The number of hydrogen-bond acceptors (Lipinski definition) is 6. The summed E-state index contributed by atoms with van der Waals surface area (Å²) in [5, 5.41) is 2.84. The summed E-state index contributed by atoms with van der Waals surface area (Å²) in [5.41, 5.74) is 1.04. The molecular formula is C18H28N4O4. The third-order valence-corrected chi connectivity index (χ3v) is 4.19. The molecule has 0 radical (unpaired) electrons. The predicted molar refractivity (Wildman–Crippen MR) is 95.8 cm³/mol. The summed E-state index contributed by atoms with van der Waals surface area (Å²) in [4.78, 5) is 34.7. The van der Waals surface area contributed by atoms with Crippen LogP contribution in [0, 0.1) is 6.92 Å². The van der Waals surface area contributed by atoms with Gasteiger partial charge in [-0.2, -0.15) is 0 Å². The Labute approximate surface area is 154 Å². The van der Waals surface area contributed by atoms with Gasteiger partial charge in [0.2, 0.25) is 5.91 Å². The molecule has 1 saturated heterocycles. The Morgan fingerprint density at radius 2 is 2.23 bits per heavy atom. The number of nitrogens with one attached hydrogen (secondary N) is 1. The van der Waals surface area contributed by atoms with Gasteiger partial charge in [0.1, 0.15) is 5.69 Å². The molecule has 144 valence electrons. The van der Waals surface area contributed by atoms with Crippen LogP contribution in [0.1, 0.15) is 41.9 Å². The lowest BCUT2D eigenvalue weighted by Crippen LogP contribution is -2.40. The highest BCUT2D eigenvalue weighted by atomic mass is 16.5. The highest BCUT2D eigenvalue weighted by Crippen LogP contribution is 2.15. The maximum Gasteiger partial charge on any atom is 0.274 e. The number of amides is 2. The Hall–Kier alpha value is -2.06. The summed E-state index contributed by atoms with van der Waals surface area (Å²) in [5.74, 6) is -0.304. The first-order valence-electron chi connectivity index (χ1n) is 9.05. The first kappa shape index (κ1) is 20.3. The summed E-state index contributed by atoms with van der Waals surface area (Å²) >= 11 is 0. The Kier molecular flexibility index (Phi) is 8.43. The molecule has 2 amide bonds. The van der Waals surface area contributed by atoms with Gasteiger partial charge < -0.3 is 19.7 Å². The summed E-state index contributed by atoms with van der Waals surface area (Å²) in [6, 6.07) is 0. The normalized spacial score (nSPS) is 16.5. The smallest absolute Gasteiger partial charge is 0.274 e. The van der Waals surface area contributed by atoms with Crippen LogP contribution in [0.25, 0.3) is 0 Å². The van der Waals surface area contributed by atoms with E-state index in [1.165, 1.54) is 6.20 Å². The average Bonchev–Trinajstić information content (AvgIpc) is 3.15.